The molecule has 1 fully saturated rings. The van der Waals surface area contributed by atoms with E-state index in [1.165, 1.54) is 28.6 Å². The predicted octanol–water partition coefficient (Wildman–Crippen LogP) is 0.494. The highest BCUT2D eigenvalue weighted by molar-refractivity contribution is 7.90. The zero-order valence-electron chi connectivity index (χ0n) is 11.8. The second-order valence-corrected chi connectivity index (χ2v) is 8.82. The van der Waals surface area contributed by atoms with Crippen molar-refractivity contribution >= 4 is 32.3 Å². The summed E-state index contributed by atoms with van der Waals surface area (Å²) in [6, 6.07) is 5.23. The molecule has 9 heteroatoms. The van der Waals surface area contributed by atoms with Crippen LogP contribution in [0.15, 0.2) is 34.1 Å². The second kappa shape index (κ2) is 6.62. The van der Waals surface area contributed by atoms with Crippen LogP contribution in [0.2, 0.25) is 0 Å². The van der Waals surface area contributed by atoms with Crippen molar-refractivity contribution in [1.29, 1.82) is 0 Å². The fourth-order valence-corrected chi connectivity index (χ4v) is 4.43. The van der Waals surface area contributed by atoms with Crippen LogP contribution in [-0.2, 0) is 19.9 Å². The maximum atomic E-state index is 12.5. The van der Waals surface area contributed by atoms with Gasteiger partial charge in [-0.1, -0.05) is 0 Å². The van der Waals surface area contributed by atoms with E-state index >= 15 is 0 Å². The van der Waals surface area contributed by atoms with Crippen molar-refractivity contribution in [3.05, 3.63) is 24.3 Å². The van der Waals surface area contributed by atoms with Crippen molar-refractivity contribution in [2.45, 2.75) is 22.8 Å². The Hall–Kier alpha value is -0.670. The van der Waals surface area contributed by atoms with Crippen molar-refractivity contribution in [2.75, 3.05) is 25.9 Å². The largest absolute Gasteiger partial charge is 0.314 e. The van der Waals surface area contributed by atoms with E-state index in [0.29, 0.717) is 19.6 Å². The highest BCUT2D eigenvalue weighted by Gasteiger charge is 2.30. The van der Waals surface area contributed by atoms with Crippen LogP contribution in [0.3, 0.4) is 0 Å². The molecule has 0 amide bonds. The molecule has 6 nitrogen and oxygen atoms in total. The molecule has 0 aromatic heterocycles. The number of halogens is 1. The molecule has 0 aliphatic carbocycles. The Bertz CT molecular complexity index is 686. The third-order valence-corrected chi connectivity index (χ3v) is 6.46. The van der Waals surface area contributed by atoms with Gasteiger partial charge in [-0.2, -0.15) is 4.31 Å². The number of nitrogens with one attached hydrogen (secondary N) is 1. The second-order valence-electron chi connectivity index (χ2n) is 4.91. The van der Waals surface area contributed by atoms with Gasteiger partial charge >= 0.3 is 0 Å². The average Bonchev–Trinajstić information content (AvgIpc) is 2.38. The lowest BCUT2D eigenvalue weighted by Gasteiger charge is -2.32. The third kappa shape index (κ3) is 3.95. The van der Waals surface area contributed by atoms with Crippen molar-refractivity contribution in [2.24, 2.45) is 0 Å². The zero-order valence-corrected chi connectivity index (χ0v) is 14.3. The van der Waals surface area contributed by atoms with E-state index in [1.807, 2.05) is 6.92 Å². The minimum absolute atomic E-state index is 0. The molecule has 0 saturated carbocycles. The maximum Gasteiger partial charge on any atom is 0.243 e. The SMILES string of the molecule is C[C@@H]1CNCCN1S(=O)(=O)c1ccc(S(C)(=O)=O)cc1.Cl. The zero-order chi connectivity index (χ0) is 15.0. The van der Waals surface area contributed by atoms with Gasteiger partial charge in [0.15, 0.2) is 9.84 Å². The molecule has 0 unspecified atom stereocenters. The molecule has 1 aliphatic rings. The molecule has 1 aromatic carbocycles. The van der Waals surface area contributed by atoms with Gasteiger partial charge in [0.05, 0.1) is 9.79 Å². The summed E-state index contributed by atoms with van der Waals surface area (Å²) >= 11 is 0. The van der Waals surface area contributed by atoms with Crippen LogP contribution in [0.5, 0.6) is 0 Å². The molecule has 1 saturated heterocycles. The minimum atomic E-state index is -3.57. The van der Waals surface area contributed by atoms with Gasteiger partial charge in [0.2, 0.25) is 10.0 Å². The van der Waals surface area contributed by atoms with Gasteiger partial charge in [-0.05, 0) is 31.2 Å². The molecule has 21 heavy (non-hydrogen) atoms. The number of rotatable bonds is 3. The van der Waals surface area contributed by atoms with E-state index in [9.17, 15) is 16.8 Å². The molecule has 1 heterocycles. The molecule has 1 aliphatic heterocycles. The number of sulfone groups is 1. The summed E-state index contributed by atoms with van der Waals surface area (Å²) < 4.78 is 49.2. The first-order valence-corrected chi connectivity index (χ1v) is 9.59. The first-order valence-electron chi connectivity index (χ1n) is 6.25. The summed E-state index contributed by atoms with van der Waals surface area (Å²) in [5.74, 6) is 0. The van der Waals surface area contributed by atoms with E-state index in [1.54, 1.807) is 0 Å². The summed E-state index contributed by atoms with van der Waals surface area (Å²) in [4.78, 5) is 0.239. The van der Waals surface area contributed by atoms with Crippen LogP contribution in [0.4, 0.5) is 0 Å². The van der Waals surface area contributed by atoms with Gasteiger partial charge < -0.3 is 5.32 Å². The molecule has 1 aromatic rings. The van der Waals surface area contributed by atoms with Gasteiger partial charge in [-0.15, -0.1) is 12.4 Å². The summed E-state index contributed by atoms with van der Waals surface area (Å²) in [6.45, 7) is 3.48. The Morgan fingerprint density at radius 1 is 1.10 bits per heavy atom. The maximum absolute atomic E-state index is 12.5. The molecule has 0 radical (unpaired) electrons. The normalized spacial score (nSPS) is 20.8. The van der Waals surface area contributed by atoms with E-state index < -0.39 is 19.9 Å². The van der Waals surface area contributed by atoms with Gasteiger partial charge in [0.1, 0.15) is 0 Å². The van der Waals surface area contributed by atoms with E-state index in [4.69, 9.17) is 0 Å². The highest BCUT2D eigenvalue weighted by Crippen LogP contribution is 2.21. The summed E-state index contributed by atoms with van der Waals surface area (Å²) in [5, 5.41) is 3.13. The lowest BCUT2D eigenvalue weighted by Crippen LogP contribution is -2.52. The molecule has 1 atom stereocenters. The summed E-state index contributed by atoms with van der Waals surface area (Å²) in [5.41, 5.74) is 0. The highest BCUT2D eigenvalue weighted by atomic mass is 35.5. The fourth-order valence-electron chi connectivity index (χ4n) is 2.17. The molecular weight excluding hydrogens is 336 g/mol. The fraction of sp³-hybridized carbons (Fsp3) is 0.500. The number of hydrogen-bond donors (Lipinski definition) is 1. The molecule has 1 N–H and O–H groups in total. The first kappa shape index (κ1) is 18.4. The topological polar surface area (TPSA) is 83.6 Å². The average molecular weight is 355 g/mol. The van der Waals surface area contributed by atoms with Crippen LogP contribution in [0.1, 0.15) is 6.92 Å². The Labute approximate surface area is 131 Å². The van der Waals surface area contributed by atoms with E-state index in [2.05, 4.69) is 5.32 Å². The number of sulfonamides is 1. The third-order valence-electron chi connectivity index (χ3n) is 3.30. The van der Waals surface area contributed by atoms with Crippen molar-refractivity contribution in [1.82, 2.24) is 9.62 Å². The Balaban J connectivity index is 0.00000220. The van der Waals surface area contributed by atoms with Crippen LogP contribution < -0.4 is 5.32 Å². The van der Waals surface area contributed by atoms with Gasteiger partial charge in [-0.3, -0.25) is 0 Å². The lowest BCUT2D eigenvalue weighted by atomic mass is 10.3. The van der Waals surface area contributed by atoms with Crippen LogP contribution in [-0.4, -0.2) is 53.1 Å². The first-order chi connectivity index (χ1) is 9.23. The quantitative estimate of drug-likeness (QED) is 0.854. The van der Waals surface area contributed by atoms with Crippen molar-refractivity contribution < 1.29 is 16.8 Å². The Kier molecular flexibility index (Phi) is 5.79. The van der Waals surface area contributed by atoms with Crippen molar-refractivity contribution in [3.8, 4) is 0 Å². The van der Waals surface area contributed by atoms with Gasteiger partial charge in [0.25, 0.3) is 0 Å². The molecule has 0 bridgehead atoms. The monoisotopic (exact) mass is 354 g/mol. The van der Waals surface area contributed by atoms with Crippen molar-refractivity contribution in [3.63, 3.8) is 0 Å². The molecule has 0 spiro atoms. The molecular formula is C12H19ClN2O4S2. The lowest BCUT2D eigenvalue weighted by molar-refractivity contribution is 0.284. The van der Waals surface area contributed by atoms with Crippen LogP contribution in [0, 0.1) is 0 Å². The van der Waals surface area contributed by atoms with Crippen LogP contribution >= 0.6 is 12.4 Å². The molecule has 120 valence electrons. The van der Waals surface area contributed by atoms with E-state index in [-0.39, 0.29) is 28.2 Å². The van der Waals surface area contributed by atoms with Crippen LogP contribution in [0.25, 0.3) is 0 Å². The number of piperazine rings is 1. The van der Waals surface area contributed by atoms with E-state index in [0.717, 1.165) is 6.26 Å². The number of nitrogens with zero attached hydrogens (tertiary/aromatic N) is 1. The summed E-state index contributed by atoms with van der Waals surface area (Å²) in [6.07, 6.45) is 1.09. The Morgan fingerprint density at radius 3 is 2.10 bits per heavy atom. The Morgan fingerprint density at radius 2 is 1.62 bits per heavy atom. The molecule has 2 rings (SSSR count). The smallest absolute Gasteiger partial charge is 0.243 e. The standard InChI is InChI=1S/C12H18N2O4S2.ClH/c1-10-9-13-7-8-14(10)20(17,18)12-5-3-11(4-6-12)19(2,15)16;/h3-6,10,13H,7-9H2,1-2H3;1H/t10-;/m1./s1. The number of hydrogen-bond acceptors (Lipinski definition) is 5. The number of benzene rings is 1. The summed E-state index contributed by atoms with van der Waals surface area (Å²) in [7, 11) is -6.89. The van der Waals surface area contributed by atoms with Gasteiger partial charge in [0, 0.05) is 31.9 Å². The minimum Gasteiger partial charge on any atom is -0.314 e. The predicted molar refractivity (Wildman–Crippen MR) is 83.0 cm³/mol. The van der Waals surface area contributed by atoms with Gasteiger partial charge in [-0.25, -0.2) is 16.8 Å².